The van der Waals surface area contributed by atoms with Crippen molar-refractivity contribution in [2.75, 3.05) is 36.6 Å². The van der Waals surface area contributed by atoms with Crippen molar-refractivity contribution in [3.05, 3.63) is 12.4 Å². The number of hydrogen-bond donors (Lipinski definition) is 2. The van der Waals surface area contributed by atoms with E-state index in [0.29, 0.717) is 11.6 Å². The molecule has 9 heteroatoms. The number of halogens is 3. The summed E-state index contributed by atoms with van der Waals surface area (Å²) in [7, 11) is 0. The summed E-state index contributed by atoms with van der Waals surface area (Å²) < 4.78 is 40.7. The van der Waals surface area contributed by atoms with Crippen LogP contribution in [0, 0.1) is 0 Å². The van der Waals surface area contributed by atoms with Crippen LogP contribution >= 0.6 is 0 Å². The Morgan fingerprint density at radius 1 is 1.48 bits per heavy atom. The lowest BCUT2D eigenvalue weighted by atomic mass is 10.2. The van der Waals surface area contributed by atoms with Crippen LogP contribution in [0.25, 0.3) is 0 Å². The molecule has 2 unspecified atom stereocenters. The number of rotatable bonds is 7. The smallest absolute Gasteiger partial charge is 0.394 e. The third-order valence-electron chi connectivity index (χ3n) is 3.56. The molecule has 0 aliphatic carbocycles. The third-order valence-corrected chi connectivity index (χ3v) is 3.56. The van der Waals surface area contributed by atoms with Gasteiger partial charge >= 0.3 is 6.18 Å². The first-order valence-corrected chi connectivity index (χ1v) is 7.49. The van der Waals surface area contributed by atoms with E-state index in [1.54, 1.807) is 13.0 Å². The average Bonchev–Trinajstić information content (AvgIpc) is 2.94. The molecular weight excluding hydrogens is 313 g/mol. The molecule has 2 N–H and O–H groups in total. The number of aliphatic hydroxyl groups is 1. The van der Waals surface area contributed by atoms with Crippen molar-refractivity contribution in [2.24, 2.45) is 0 Å². The van der Waals surface area contributed by atoms with Gasteiger partial charge in [0.25, 0.3) is 0 Å². The van der Waals surface area contributed by atoms with Gasteiger partial charge in [-0.15, -0.1) is 0 Å². The molecule has 1 aromatic heterocycles. The largest absolute Gasteiger partial charge is 0.411 e. The van der Waals surface area contributed by atoms with Crippen LogP contribution in [0.5, 0.6) is 0 Å². The van der Waals surface area contributed by atoms with Gasteiger partial charge in [-0.25, -0.2) is 9.97 Å². The van der Waals surface area contributed by atoms with Gasteiger partial charge in [-0.3, -0.25) is 0 Å². The molecule has 130 valence electrons. The van der Waals surface area contributed by atoms with Crippen LogP contribution in [0.3, 0.4) is 0 Å². The fourth-order valence-corrected chi connectivity index (χ4v) is 2.56. The molecular formula is C14H21F3N4O2. The highest BCUT2D eigenvalue weighted by Crippen LogP contribution is 2.24. The van der Waals surface area contributed by atoms with Crippen LogP contribution in [0.1, 0.15) is 19.8 Å². The molecule has 0 bridgehead atoms. The SMILES string of the molecule is CC(COCC(F)(F)F)Nc1cc(N2CCCC2CO)ncn1. The highest BCUT2D eigenvalue weighted by molar-refractivity contribution is 5.50. The molecule has 1 aliphatic rings. The lowest BCUT2D eigenvalue weighted by Gasteiger charge is -2.24. The molecule has 23 heavy (non-hydrogen) atoms. The predicted octanol–water partition coefficient (Wildman–Crippen LogP) is 1.82. The maximum absolute atomic E-state index is 12.0. The third kappa shape index (κ3) is 5.51. The first kappa shape index (κ1) is 17.7. The molecule has 1 aromatic rings. The molecule has 2 rings (SSSR count). The lowest BCUT2D eigenvalue weighted by Crippen LogP contribution is -2.33. The summed E-state index contributed by atoms with van der Waals surface area (Å²) >= 11 is 0. The lowest BCUT2D eigenvalue weighted by molar-refractivity contribution is -0.174. The Morgan fingerprint density at radius 2 is 2.26 bits per heavy atom. The molecule has 0 spiro atoms. The minimum atomic E-state index is -4.32. The van der Waals surface area contributed by atoms with Crippen LogP contribution in [-0.2, 0) is 4.74 Å². The quantitative estimate of drug-likeness (QED) is 0.793. The maximum Gasteiger partial charge on any atom is 0.411 e. The number of nitrogens with one attached hydrogen (secondary N) is 1. The Labute approximate surface area is 132 Å². The zero-order valence-electron chi connectivity index (χ0n) is 12.9. The summed E-state index contributed by atoms with van der Waals surface area (Å²) in [6, 6.07) is 1.45. The minimum Gasteiger partial charge on any atom is -0.394 e. The summed E-state index contributed by atoms with van der Waals surface area (Å²) in [6.07, 6.45) is -1.03. The number of nitrogens with zero attached hydrogens (tertiary/aromatic N) is 3. The predicted molar refractivity (Wildman–Crippen MR) is 79.4 cm³/mol. The number of hydrogen-bond acceptors (Lipinski definition) is 6. The van der Waals surface area contributed by atoms with Crippen molar-refractivity contribution in [3.8, 4) is 0 Å². The van der Waals surface area contributed by atoms with Gasteiger partial charge in [0.1, 0.15) is 24.6 Å². The van der Waals surface area contributed by atoms with E-state index < -0.39 is 12.8 Å². The molecule has 2 heterocycles. The van der Waals surface area contributed by atoms with Gasteiger partial charge in [-0.05, 0) is 19.8 Å². The van der Waals surface area contributed by atoms with Gasteiger partial charge in [-0.2, -0.15) is 13.2 Å². The molecule has 1 saturated heterocycles. The second-order valence-electron chi connectivity index (χ2n) is 5.61. The minimum absolute atomic E-state index is 0.0466. The van der Waals surface area contributed by atoms with Crippen molar-refractivity contribution in [3.63, 3.8) is 0 Å². The molecule has 1 fully saturated rings. The Hall–Kier alpha value is -1.61. The van der Waals surface area contributed by atoms with Crippen LogP contribution in [0.2, 0.25) is 0 Å². The normalized spacial score (nSPS) is 19.9. The molecule has 0 aromatic carbocycles. The van der Waals surface area contributed by atoms with E-state index in [4.69, 9.17) is 0 Å². The van der Waals surface area contributed by atoms with Crippen molar-refractivity contribution in [1.82, 2.24) is 9.97 Å². The van der Waals surface area contributed by atoms with Gasteiger partial charge in [0.15, 0.2) is 0 Å². The van der Waals surface area contributed by atoms with Gasteiger partial charge in [0.05, 0.1) is 19.3 Å². The Balaban J connectivity index is 1.89. The highest BCUT2D eigenvalue weighted by Gasteiger charge is 2.28. The maximum atomic E-state index is 12.0. The van der Waals surface area contributed by atoms with Crippen LogP contribution in [-0.4, -0.2) is 59.7 Å². The van der Waals surface area contributed by atoms with E-state index in [9.17, 15) is 18.3 Å². The number of aromatic nitrogens is 2. The number of aliphatic hydroxyl groups excluding tert-OH is 1. The van der Waals surface area contributed by atoms with E-state index in [1.807, 2.05) is 4.90 Å². The fraction of sp³-hybridized carbons (Fsp3) is 0.714. The Morgan fingerprint density at radius 3 is 2.96 bits per heavy atom. The molecule has 2 atom stereocenters. The summed E-state index contributed by atoms with van der Waals surface area (Å²) in [5.74, 6) is 1.21. The van der Waals surface area contributed by atoms with Crippen molar-refractivity contribution >= 4 is 11.6 Å². The number of alkyl halides is 3. The van der Waals surface area contributed by atoms with Gasteiger partial charge < -0.3 is 20.1 Å². The van der Waals surface area contributed by atoms with Crippen LogP contribution < -0.4 is 10.2 Å². The van der Waals surface area contributed by atoms with Crippen molar-refractivity contribution in [1.29, 1.82) is 0 Å². The Kier molecular flexibility index (Phi) is 6.00. The second kappa shape index (κ2) is 7.78. The van der Waals surface area contributed by atoms with Crippen LogP contribution in [0.4, 0.5) is 24.8 Å². The number of ether oxygens (including phenoxy) is 1. The standard InChI is InChI=1S/C14H21F3N4O2/c1-10(7-23-8-14(15,16)17)20-12-5-13(19-9-18-12)21-4-2-3-11(21)6-22/h5,9-11,22H,2-4,6-8H2,1H3,(H,18,19,20). The van der Waals surface area contributed by atoms with E-state index in [1.165, 1.54) is 6.33 Å². The van der Waals surface area contributed by atoms with E-state index in [-0.39, 0.29) is 25.3 Å². The monoisotopic (exact) mass is 334 g/mol. The Bertz CT molecular complexity index is 501. The van der Waals surface area contributed by atoms with Gasteiger partial charge in [-0.1, -0.05) is 0 Å². The fourth-order valence-electron chi connectivity index (χ4n) is 2.56. The molecule has 0 amide bonds. The summed E-state index contributed by atoms with van der Waals surface area (Å²) in [5, 5.41) is 12.4. The van der Waals surface area contributed by atoms with Crippen molar-refractivity contribution < 1.29 is 23.0 Å². The second-order valence-corrected chi connectivity index (χ2v) is 5.61. The van der Waals surface area contributed by atoms with Gasteiger partial charge in [0.2, 0.25) is 0 Å². The number of anilines is 2. The average molecular weight is 334 g/mol. The summed E-state index contributed by atoms with van der Waals surface area (Å²) in [4.78, 5) is 10.3. The van der Waals surface area contributed by atoms with Crippen molar-refractivity contribution in [2.45, 2.75) is 38.0 Å². The molecule has 0 radical (unpaired) electrons. The molecule has 6 nitrogen and oxygen atoms in total. The zero-order valence-corrected chi connectivity index (χ0v) is 12.9. The van der Waals surface area contributed by atoms with Crippen LogP contribution in [0.15, 0.2) is 12.4 Å². The van der Waals surface area contributed by atoms with Gasteiger partial charge in [0, 0.05) is 18.7 Å². The first-order valence-electron chi connectivity index (χ1n) is 7.49. The topological polar surface area (TPSA) is 70.5 Å². The molecule has 0 saturated carbocycles. The zero-order chi connectivity index (χ0) is 16.9. The summed E-state index contributed by atoms with van der Waals surface area (Å²) in [6.45, 7) is 1.24. The van der Waals surface area contributed by atoms with E-state index >= 15 is 0 Å². The van der Waals surface area contributed by atoms with E-state index in [2.05, 4.69) is 20.0 Å². The summed E-state index contributed by atoms with van der Waals surface area (Å²) in [5.41, 5.74) is 0. The van der Waals surface area contributed by atoms with E-state index in [0.717, 1.165) is 19.4 Å². The molecule has 1 aliphatic heterocycles. The first-order chi connectivity index (χ1) is 10.9. The highest BCUT2D eigenvalue weighted by atomic mass is 19.4.